The van der Waals surface area contributed by atoms with Crippen molar-refractivity contribution in [3.63, 3.8) is 0 Å². The van der Waals surface area contributed by atoms with Crippen LogP contribution in [0.3, 0.4) is 0 Å². The van der Waals surface area contributed by atoms with Crippen LogP contribution in [0.2, 0.25) is 0 Å². The molecule has 7 heteroatoms. The third-order valence-electron chi connectivity index (χ3n) is 5.73. The summed E-state index contributed by atoms with van der Waals surface area (Å²) in [5, 5.41) is 3.87. The summed E-state index contributed by atoms with van der Waals surface area (Å²) in [5.74, 6) is -0.0255. The van der Waals surface area contributed by atoms with Gasteiger partial charge in [0.05, 0.1) is 6.54 Å². The molecule has 0 saturated carbocycles. The summed E-state index contributed by atoms with van der Waals surface area (Å²) in [6.07, 6.45) is 6.48. The molecule has 1 fully saturated rings. The fraction of sp³-hybridized carbons (Fsp3) is 0.522. The van der Waals surface area contributed by atoms with E-state index in [4.69, 9.17) is 0 Å². The van der Waals surface area contributed by atoms with E-state index in [1.807, 2.05) is 53.8 Å². The Morgan fingerprint density at radius 1 is 1.03 bits per heavy atom. The normalized spacial score (nSPS) is 15.0. The van der Waals surface area contributed by atoms with Gasteiger partial charge in [-0.15, -0.1) is 0 Å². The Bertz CT molecular complexity index is 901. The van der Waals surface area contributed by atoms with Crippen LogP contribution in [0.5, 0.6) is 0 Å². The topological polar surface area (TPSA) is 74.7 Å². The van der Waals surface area contributed by atoms with Gasteiger partial charge in [-0.25, -0.2) is 0 Å². The van der Waals surface area contributed by atoms with Crippen LogP contribution in [0.4, 0.5) is 5.69 Å². The lowest BCUT2D eigenvalue weighted by atomic mass is 10.1. The fourth-order valence-corrected chi connectivity index (χ4v) is 3.99. The number of carbonyl (C=O) groups excluding carboxylic acids is 3. The van der Waals surface area contributed by atoms with Crippen molar-refractivity contribution in [2.24, 2.45) is 0 Å². The largest absolute Gasteiger partial charge is 0.342 e. The molecule has 0 atom stereocenters. The van der Waals surface area contributed by atoms with Gasteiger partial charge in [0, 0.05) is 48.8 Å². The van der Waals surface area contributed by atoms with Crippen LogP contribution >= 0.6 is 0 Å². The Morgan fingerprint density at radius 2 is 1.80 bits per heavy atom. The van der Waals surface area contributed by atoms with Gasteiger partial charge in [0.2, 0.25) is 17.7 Å². The van der Waals surface area contributed by atoms with Crippen molar-refractivity contribution in [2.45, 2.75) is 52.5 Å². The number of anilines is 1. The molecule has 7 nitrogen and oxygen atoms in total. The van der Waals surface area contributed by atoms with Crippen LogP contribution in [0.1, 0.15) is 46.0 Å². The van der Waals surface area contributed by atoms with E-state index in [1.54, 1.807) is 4.90 Å². The van der Waals surface area contributed by atoms with Crippen LogP contribution in [0, 0.1) is 0 Å². The van der Waals surface area contributed by atoms with Crippen molar-refractivity contribution in [1.29, 1.82) is 0 Å². The summed E-state index contributed by atoms with van der Waals surface area (Å²) in [6, 6.07) is 7.61. The monoisotopic (exact) mass is 412 g/mol. The predicted molar refractivity (Wildman–Crippen MR) is 118 cm³/mol. The van der Waals surface area contributed by atoms with Crippen LogP contribution in [-0.2, 0) is 20.9 Å². The van der Waals surface area contributed by atoms with E-state index in [0.29, 0.717) is 38.3 Å². The summed E-state index contributed by atoms with van der Waals surface area (Å²) in [7, 11) is 0. The van der Waals surface area contributed by atoms with E-state index in [0.717, 1.165) is 36.6 Å². The Labute approximate surface area is 178 Å². The second kappa shape index (κ2) is 10.3. The second-order valence-electron chi connectivity index (χ2n) is 7.81. The zero-order valence-electron chi connectivity index (χ0n) is 18.0. The number of hydrogen-bond acceptors (Lipinski definition) is 3. The lowest BCUT2D eigenvalue weighted by molar-refractivity contribution is -0.135. The summed E-state index contributed by atoms with van der Waals surface area (Å²) in [5.41, 5.74) is 1.65. The molecule has 1 aliphatic rings. The first-order valence-electron chi connectivity index (χ1n) is 11.0. The molecule has 0 unspecified atom stereocenters. The summed E-state index contributed by atoms with van der Waals surface area (Å²) < 4.78 is 1.93. The summed E-state index contributed by atoms with van der Waals surface area (Å²) in [4.78, 5) is 40.6. The molecule has 0 radical (unpaired) electrons. The van der Waals surface area contributed by atoms with Gasteiger partial charge < -0.3 is 19.7 Å². The number of likely N-dealkylation sites (tertiary alicyclic amines) is 1. The average molecular weight is 413 g/mol. The van der Waals surface area contributed by atoms with Crippen LogP contribution < -0.4 is 5.32 Å². The minimum Gasteiger partial charge on any atom is -0.342 e. The van der Waals surface area contributed by atoms with Crippen LogP contribution in [-0.4, -0.2) is 58.3 Å². The molecule has 2 aromatic rings. The van der Waals surface area contributed by atoms with E-state index in [2.05, 4.69) is 5.32 Å². The Morgan fingerprint density at radius 3 is 2.57 bits per heavy atom. The maximum atomic E-state index is 12.5. The number of likely N-dealkylation sites (N-methyl/N-ethyl adjacent to an activating group) is 1. The summed E-state index contributed by atoms with van der Waals surface area (Å²) in [6.45, 7) is 6.39. The molecule has 1 aliphatic heterocycles. The zero-order chi connectivity index (χ0) is 21.5. The van der Waals surface area contributed by atoms with Gasteiger partial charge in [0.25, 0.3) is 0 Å². The minimum absolute atomic E-state index is 0.0650. The lowest BCUT2D eigenvalue weighted by Crippen LogP contribution is -2.39. The highest BCUT2D eigenvalue weighted by atomic mass is 16.2. The highest BCUT2D eigenvalue weighted by molar-refractivity contribution is 5.96. The van der Waals surface area contributed by atoms with Gasteiger partial charge in [0.15, 0.2) is 0 Å². The number of nitrogens with one attached hydrogen (secondary N) is 1. The van der Waals surface area contributed by atoms with Crippen LogP contribution in [0.15, 0.2) is 30.5 Å². The Hall–Kier alpha value is -2.83. The predicted octanol–water partition coefficient (Wildman–Crippen LogP) is 3.24. The van der Waals surface area contributed by atoms with Gasteiger partial charge >= 0.3 is 0 Å². The number of rotatable bonds is 7. The maximum Gasteiger partial charge on any atom is 0.243 e. The molecule has 0 aliphatic carbocycles. The van der Waals surface area contributed by atoms with Crippen molar-refractivity contribution in [1.82, 2.24) is 14.4 Å². The fourth-order valence-electron chi connectivity index (χ4n) is 3.99. The molecule has 0 spiro atoms. The Kier molecular flexibility index (Phi) is 7.49. The molecule has 30 heavy (non-hydrogen) atoms. The highest BCUT2D eigenvalue weighted by Crippen LogP contribution is 2.21. The quantitative estimate of drug-likeness (QED) is 0.759. The van der Waals surface area contributed by atoms with Gasteiger partial charge in [-0.05, 0) is 51.0 Å². The van der Waals surface area contributed by atoms with Gasteiger partial charge in [-0.3, -0.25) is 14.4 Å². The van der Waals surface area contributed by atoms with E-state index in [1.165, 1.54) is 0 Å². The molecule has 3 amide bonds. The molecule has 2 heterocycles. The summed E-state index contributed by atoms with van der Waals surface area (Å²) >= 11 is 0. The van der Waals surface area contributed by atoms with Crippen LogP contribution in [0.25, 0.3) is 10.9 Å². The van der Waals surface area contributed by atoms with E-state index in [-0.39, 0.29) is 24.3 Å². The van der Waals surface area contributed by atoms with Crippen molar-refractivity contribution in [2.75, 3.05) is 31.5 Å². The molecule has 1 aromatic carbocycles. The lowest BCUT2D eigenvalue weighted by Gasteiger charge is -2.24. The van der Waals surface area contributed by atoms with E-state index >= 15 is 0 Å². The molecule has 162 valence electrons. The number of amides is 3. The van der Waals surface area contributed by atoms with Crippen molar-refractivity contribution in [3.05, 3.63) is 30.5 Å². The SMILES string of the molecule is CCN(CC)C(=O)Cn1ccc2cc(NC(=O)CN3CCCCCCC3=O)ccc21. The molecule has 1 saturated heterocycles. The number of fused-ring (bicyclic) bond motifs is 1. The first-order chi connectivity index (χ1) is 14.5. The average Bonchev–Trinajstić information content (AvgIpc) is 3.10. The number of aromatic nitrogens is 1. The smallest absolute Gasteiger partial charge is 0.243 e. The first-order valence-corrected chi connectivity index (χ1v) is 11.0. The maximum absolute atomic E-state index is 12.5. The third-order valence-corrected chi connectivity index (χ3v) is 5.73. The van der Waals surface area contributed by atoms with Gasteiger partial charge in [0.1, 0.15) is 6.54 Å². The molecular formula is C23H32N4O3. The molecule has 1 N–H and O–H groups in total. The molecular weight excluding hydrogens is 380 g/mol. The highest BCUT2D eigenvalue weighted by Gasteiger charge is 2.18. The number of hydrogen-bond donors (Lipinski definition) is 1. The first kappa shape index (κ1) is 21.9. The number of benzene rings is 1. The van der Waals surface area contributed by atoms with Crippen molar-refractivity contribution in [3.8, 4) is 0 Å². The molecule has 3 rings (SSSR count). The molecule has 0 bridgehead atoms. The van der Waals surface area contributed by atoms with Crippen molar-refractivity contribution < 1.29 is 14.4 Å². The standard InChI is InChI=1S/C23H32N4O3/c1-3-25(4-2)23(30)17-26-14-12-18-15-19(10-11-20(18)26)24-21(28)16-27-13-8-6-5-7-9-22(27)29/h10-12,14-15H,3-9,13,16-17H2,1-2H3,(H,24,28). The van der Waals surface area contributed by atoms with Gasteiger partial charge in [-0.2, -0.15) is 0 Å². The number of nitrogens with zero attached hydrogens (tertiary/aromatic N) is 3. The van der Waals surface area contributed by atoms with Gasteiger partial charge in [-0.1, -0.05) is 12.8 Å². The van der Waals surface area contributed by atoms with E-state index < -0.39 is 0 Å². The minimum atomic E-state index is -0.181. The Balaban J connectivity index is 1.64. The number of carbonyl (C=O) groups is 3. The van der Waals surface area contributed by atoms with E-state index in [9.17, 15) is 14.4 Å². The third kappa shape index (κ3) is 5.40. The molecule has 1 aromatic heterocycles. The zero-order valence-corrected chi connectivity index (χ0v) is 18.0. The van der Waals surface area contributed by atoms with Crippen molar-refractivity contribution >= 4 is 34.3 Å². The second-order valence-corrected chi connectivity index (χ2v) is 7.81.